The number of hydrogen-bond acceptors (Lipinski definition) is 4. The third-order valence-electron chi connectivity index (χ3n) is 4.17. The number of rotatable bonds is 6. The molecule has 0 saturated carbocycles. The smallest absolute Gasteiger partial charge is 0.225 e. The Bertz CT molecular complexity index is 560. The first-order valence-corrected chi connectivity index (χ1v) is 9.70. The Hall–Kier alpha value is -1.17. The standard InChI is InChI=1S/C17H22N2OS2/c20-17(11-15-5-4-9-22-15)18-12-16(14-6-10-21-13-14)19-7-2-1-3-8-19/h4-6,9-10,13,16H,1-3,7-8,11-12H2,(H,18,20). The van der Waals surface area contributed by atoms with Gasteiger partial charge in [0.1, 0.15) is 0 Å². The molecular formula is C17H22N2OS2. The van der Waals surface area contributed by atoms with Gasteiger partial charge < -0.3 is 5.32 Å². The summed E-state index contributed by atoms with van der Waals surface area (Å²) >= 11 is 3.37. The first-order chi connectivity index (χ1) is 10.8. The summed E-state index contributed by atoms with van der Waals surface area (Å²) in [4.78, 5) is 15.8. The fourth-order valence-corrected chi connectivity index (χ4v) is 4.41. The highest BCUT2D eigenvalue weighted by atomic mass is 32.1. The first-order valence-electron chi connectivity index (χ1n) is 7.88. The highest BCUT2D eigenvalue weighted by Gasteiger charge is 2.23. The van der Waals surface area contributed by atoms with Crippen LogP contribution in [0.25, 0.3) is 0 Å². The summed E-state index contributed by atoms with van der Waals surface area (Å²) in [7, 11) is 0. The second-order valence-electron chi connectivity index (χ2n) is 5.73. The van der Waals surface area contributed by atoms with Crippen LogP contribution < -0.4 is 5.32 Å². The number of carbonyl (C=O) groups is 1. The van der Waals surface area contributed by atoms with Gasteiger partial charge in [-0.2, -0.15) is 11.3 Å². The molecule has 3 nitrogen and oxygen atoms in total. The van der Waals surface area contributed by atoms with Crippen molar-refractivity contribution in [2.45, 2.75) is 31.7 Å². The zero-order chi connectivity index (χ0) is 15.2. The molecular weight excluding hydrogens is 312 g/mol. The van der Waals surface area contributed by atoms with Gasteiger partial charge in [0, 0.05) is 11.4 Å². The molecule has 1 aliphatic rings. The molecule has 5 heteroatoms. The molecule has 0 aliphatic carbocycles. The van der Waals surface area contributed by atoms with Gasteiger partial charge >= 0.3 is 0 Å². The number of hydrogen-bond donors (Lipinski definition) is 1. The normalized spacial score (nSPS) is 17.3. The summed E-state index contributed by atoms with van der Waals surface area (Å²) in [5, 5.41) is 9.49. The molecule has 1 saturated heterocycles. The number of likely N-dealkylation sites (tertiary alicyclic amines) is 1. The minimum atomic E-state index is 0.125. The number of thiophene rings is 2. The number of piperidine rings is 1. The summed E-state index contributed by atoms with van der Waals surface area (Å²) in [6, 6.07) is 6.52. The number of nitrogens with one attached hydrogen (secondary N) is 1. The fraction of sp³-hybridized carbons (Fsp3) is 0.471. The number of amides is 1. The summed E-state index contributed by atoms with van der Waals surface area (Å²) < 4.78 is 0. The van der Waals surface area contributed by atoms with E-state index in [1.165, 1.54) is 24.8 Å². The van der Waals surface area contributed by atoms with E-state index in [4.69, 9.17) is 0 Å². The summed E-state index contributed by atoms with van der Waals surface area (Å²) in [6.07, 6.45) is 4.36. The van der Waals surface area contributed by atoms with E-state index in [0.29, 0.717) is 19.0 Å². The third kappa shape index (κ3) is 4.18. The van der Waals surface area contributed by atoms with Gasteiger partial charge in [-0.15, -0.1) is 11.3 Å². The van der Waals surface area contributed by atoms with E-state index in [1.807, 2.05) is 17.5 Å². The predicted molar refractivity (Wildman–Crippen MR) is 93.5 cm³/mol. The molecule has 0 spiro atoms. The van der Waals surface area contributed by atoms with Crippen molar-refractivity contribution in [2.24, 2.45) is 0 Å². The third-order valence-corrected chi connectivity index (χ3v) is 5.74. The van der Waals surface area contributed by atoms with Crippen LogP contribution in [0, 0.1) is 0 Å². The number of carbonyl (C=O) groups excluding carboxylic acids is 1. The second-order valence-corrected chi connectivity index (χ2v) is 7.54. The quantitative estimate of drug-likeness (QED) is 0.874. The van der Waals surface area contributed by atoms with Gasteiger partial charge in [0.2, 0.25) is 5.91 Å². The Labute approximate surface area is 140 Å². The zero-order valence-electron chi connectivity index (χ0n) is 12.7. The van der Waals surface area contributed by atoms with Crippen LogP contribution in [-0.4, -0.2) is 30.4 Å². The zero-order valence-corrected chi connectivity index (χ0v) is 14.3. The second kappa shape index (κ2) is 7.90. The topological polar surface area (TPSA) is 32.3 Å². The molecule has 1 fully saturated rings. The lowest BCUT2D eigenvalue weighted by Crippen LogP contribution is -2.40. The lowest BCUT2D eigenvalue weighted by Gasteiger charge is -2.34. The van der Waals surface area contributed by atoms with Gasteiger partial charge in [0.05, 0.1) is 12.5 Å². The van der Waals surface area contributed by atoms with Crippen molar-refractivity contribution in [1.29, 1.82) is 0 Å². The van der Waals surface area contributed by atoms with Crippen molar-refractivity contribution in [2.75, 3.05) is 19.6 Å². The van der Waals surface area contributed by atoms with Crippen molar-refractivity contribution < 1.29 is 4.79 Å². The van der Waals surface area contributed by atoms with Crippen LogP contribution in [0.15, 0.2) is 34.3 Å². The maximum atomic E-state index is 12.1. The molecule has 2 aromatic heterocycles. The van der Waals surface area contributed by atoms with Gasteiger partial charge in [-0.1, -0.05) is 12.5 Å². The highest BCUT2D eigenvalue weighted by Crippen LogP contribution is 2.25. The van der Waals surface area contributed by atoms with E-state index in [-0.39, 0.29) is 5.91 Å². The summed E-state index contributed by atoms with van der Waals surface area (Å²) in [5.41, 5.74) is 1.34. The summed E-state index contributed by atoms with van der Waals surface area (Å²) in [6.45, 7) is 2.99. The molecule has 1 atom stereocenters. The van der Waals surface area contributed by atoms with Crippen LogP contribution in [0.1, 0.15) is 35.7 Å². The first kappa shape index (κ1) is 15.7. The molecule has 1 aliphatic heterocycles. The van der Waals surface area contributed by atoms with Crippen molar-refractivity contribution in [3.05, 3.63) is 44.8 Å². The van der Waals surface area contributed by atoms with E-state index in [2.05, 4.69) is 27.0 Å². The predicted octanol–water partition coefficient (Wildman–Crippen LogP) is 3.70. The van der Waals surface area contributed by atoms with E-state index < -0.39 is 0 Å². The van der Waals surface area contributed by atoms with Gasteiger partial charge in [-0.3, -0.25) is 9.69 Å². The van der Waals surface area contributed by atoms with Crippen molar-refractivity contribution in [3.63, 3.8) is 0 Å². The van der Waals surface area contributed by atoms with Gasteiger partial charge in [0.25, 0.3) is 0 Å². The molecule has 1 N–H and O–H groups in total. The minimum Gasteiger partial charge on any atom is -0.354 e. The minimum absolute atomic E-state index is 0.125. The molecule has 3 heterocycles. The van der Waals surface area contributed by atoms with Crippen LogP contribution in [-0.2, 0) is 11.2 Å². The highest BCUT2D eigenvalue weighted by molar-refractivity contribution is 7.10. The van der Waals surface area contributed by atoms with E-state index in [1.54, 1.807) is 22.7 Å². The Morgan fingerprint density at radius 3 is 2.77 bits per heavy atom. The van der Waals surface area contributed by atoms with Crippen molar-refractivity contribution in [3.8, 4) is 0 Å². The molecule has 0 bridgehead atoms. The molecule has 0 aromatic carbocycles. The molecule has 22 heavy (non-hydrogen) atoms. The molecule has 0 radical (unpaired) electrons. The maximum Gasteiger partial charge on any atom is 0.225 e. The SMILES string of the molecule is O=C(Cc1cccs1)NCC(c1ccsc1)N1CCCCC1. The number of nitrogens with zero attached hydrogens (tertiary/aromatic N) is 1. The van der Waals surface area contributed by atoms with Gasteiger partial charge in [-0.25, -0.2) is 0 Å². The lowest BCUT2D eigenvalue weighted by atomic mass is 10.0. The van der Waals surface area contributed by atoms with Crippen LogP contribution in [0.4, 0.5) is 0 Å². The maximum absolute atomic E-state index is 12.1. The van der Waals surface area contributed by atoms with Gasteiger partial charge in [-0.05, 0) is 59.8 Å². The lowest BCUT2D eigenvalue weighted by molar-refractivity contribution is -0.120. The van der Waals surface area contributed by atoms with Crippen LogP contribution >= 0.6 is 22.7 Å². The molecule has 118 valence electrons. The van der Waals surface area contributed by atoms with Crippen LogP contribution in [0.5, 0.6) is 0 Å². The van der Waals surface area contributed by atoms with Gasteiger partial charge in [0.15, 0.2) is 0 Å². The van der Waals surface area contributed by atoms with Crippen LogP contribution in [0.3, 0.4) is 0 Å². The van der Waals surface area contributed by atoms with E-state index >= 15 is 0 Å². The van der Waals surface area contributed by atoms with Crippen molar-refractivity contribution in [1.82, 2.24) is 10.2 Å². The molecule has 3 rings (SSSR count). The fourth-order valence-electron chi connectivity index (χ4n) is 3.00. The van der Waals surface area contributed by atoms with Crippen LogP contribution in [0.2, 0.25) is 0 Å². The average Bonchev–Trinajstić information content (AvgIpc) is 3.22. The average molecular weight is 335 g/mol. The monoisotopic (exact) mass is 334 g/mol. The largest absolute Gasteiger partial charge is 0.354 e. The van der Waals surface area contributed by atoms with E-state index in [9.17, 15) is 4.79 Å². The van der Waals surface area contributed by atoms with E-state index in [0.717, 1.165) is 18.0 Å². The van der Waals surface area contributed by atoms with Crippen molar-refractivity contribution >= 4 is 28.6 Å². The Morgan fingerprint density at radius 1 is 1.23 bits per heavy atom. The Kier molecular flexibility index (Phi) is 5.64. The Morgan fingerprint density at radius 2 is 2.09 bits per heavy atom. The molecule has 2 aromatic rings. The summed E-state index contributed by atoms with van der Waals surface area (Å²) in [5.74, 6) is 0.125. The molecule has 1 unspecified atom stereocenters. The molecule has 1 amide bonds. The Balaban J connectivity index is 1.59.